The smallest absolute Gasteiger partial charge is 0.185 e. The highest BCUT2D eigenvalue weighted by molar-refractivity contribution is 5.74. The fourth-order valence-electron chi connectivity index (χ4n) is 6.21. The van der Waals surface area contributed by atoms with Crippen LogP contribution in [0.15, 0.2) is 11.6 Å². The van der Waals surface area contributed by atoms with Crippen molar-refractivity contribution in [3.8, 4) is 0 Å². The maximum absolute atomic E-state index is 11.5. The minimum Gasteiger partial charge on any atom is -0.369 e. The molecule has 1 heterocycles. The number of hydrogen-bond donors (Lipinski definition) is 0. The number of aldehydes is 1. The lowest BCUT2D eigenvalue weighted by Gasteiger charge is -2.59. The van der Waals surface area contributed by atoms with Gasteiger partial charge in [0.15, 0.2) is 12.6 Å². The molecule has 0 amide bonds. The van der Waals surface area contributed by atoms with Gasteiger partial charge >= 0.3 is 0 Å². The van der Waals surface area contributed by atoms with Gasteiger partial charge in [-0.1, -0.05) is 33.3 Å². The third-order valence-corrected chi connectivity index (χ3v) is 7.50. The van der Waals surface area contributed by atoms with Crippen LogP contribution in [-0.2, 0) is 19.0 Å². The highest BCUT2D eigenvalue weighted by Crippen LogP contribution is 2.66. The third-order valence-electron chi connectivity index (χ3n) is 7.50. The number of carbonyl (C=O) groups is 1. The second-order valence-corrected chi connectivity index (χ2v) is 9.21. The average Bonchev–Trinajstić information content (AvgIpc) is 3.32. The third kappa shape index (κ3) is 3.22. The van der Waals surface area contributed by atoms with Gasteiger partial charge in [0, 0.05) is 19.8 Å². The quantitative estimate of drug-likeness (QED) is 0.313. The summed E-state index contributed by atoms with van der Waals surface area (Å²) in [6.07, 6.45) is 9.48. The summed E-state index contributed by atoms with van der Waals surface area (Å²) in [4.78, 5) is 11.5. The highest BCUT2D eigenvalue weighted by Gasteiger charge is 2.64. The number of ether oxygens (including phenoxy) is 3. The van der Waals surface area contributed by atoms with Crippen LogP contribution in [0.3, 0.4) is 0 Å². The first-order chi connectivity index (χ1) is 11.8. The van der Waals surface area contributed by atoms with Gasteiger partial charge in [-0.05, 0) is 54.8 Å². The van der Waals surface area contributed by atoms with Gasteiger partial charge in [-0.25, -0.2) is 0 Å². The maximum Gasteiger partial charge on any atom is 0.185 e. The van der Waals surface area contributed by atoms with E-state index >= 15 is 0 Å². The van der Waals surface area contributed by atoms with E-state index in [0.717, 1.165) is 31.7 Å². The van der Waals surface area contributed by atoms with Crippen molar-refractivity contribution in [2.45, 2.75) is 71.2 Å². The molecule has 3 fully saturated rings. The van der Waals surface area contributed by atoms with Crippen LogP contribution in [0.4, 0.5) is 0 Å². The van der Waals surface area contributed by atoms with Crippen LogP contribution < -0.4 is 0 Å². The Morgan fingerprint density at radius 1 is 1.20 bits per heavy atom. The van der Waals surface area contributed by atoms with Crippen LogP contribution in [0, 0.1) is 22.7 Å². The molecule has 0 unspecified atom stereocenters. The molecule has 0 aromatic rings. The van der Waals surface area contributed by atoms with Crippen LogP contribution in [0.25, 0.3) is 0 Å². The van der Waals surface area contributed by atoms with E-state index in [1.54, 1.807) is 14.2 Å². The monoisotopic (exact) mass is 350 g/mol. The minimum atomic E-state index is -0.580. The Bertz CT molecular complexity index is 530. The summed E-state index contributed by atoms with van der Waals surface area (Å²) in [6.45, 7) is 8.24. The molecule has 4 heteroatoms. The van der Waals surface area contributed by atoms with E-state index in [0.29, 0.717) is 16.9 Å². The minimum absolute atomic E-state index is 0.0405. The zero-order valence-corrected chi connectivity index (χ0v) is 16.5. The number of fused-ring (bicyclic) bond motifs is 1. The molecule has 0 aromatic heterocycles. The molecule has 0 bridgehead atoms. The normalized spacial score (nSPS) is 40.2. The fraction of sp³-hybridized carbons (Fsp3) is 0.857. The molecule has 0 aromatic carbocycles. The standard InChI is InChI=1S/C21H34O4/c1-19(2)10-6-11-20(3)16(19)9-12-21(14-25-21)17(20)8-7-15(13-22)18(23-4)24-5/h7,13,16-18H,6,8-12,14H2,1-5H3/b15-7-/t16-,17+,20-,21+/m0/s1. The topological polar surface area (TPSA) is 48.1 Å². The van der Waals surface area contributed by atoms with Gasteiger partial charge in [-0.15, -0.1) is 0 Å². The van der Waals surface area contributed by atoms with Gasteiger partial charge in [0.05, 0.1) is 12.2 Å². The number of hydrogen-bond acceptors (Lipinski definition) is 4. The molecule has 2 saturated carbocycles. The molecule has 3 aliphatic rings. The predicted molar refractivity (Wildman–Crippen MR) is 97.2 cm³/mol. The summed E-state index contributed by atoms with van der Waals surface area (Å²) in [5, 5.41) is 0. The number of rotatable bonds is 6. The first kappa shape index (κ1) is 19.1. The van der Waals surface area contributed by atoms with E-state index in [1.807, 2.05) is 6.08 Å². The van der Waals surface area contributed by atoms with Gasteiger partial charge < -0.3 is 14.2 Å². The summed E-state index contributed by atoms with van der Waals surface area (Å²) in [6, 6.07) is 0. The Balaban J connectivity index is 1.88. The van der Waals surface area contributed by atoms with E-state index in [-0.39, 0.29) is 11.0 Å². The van der Waals surface area contributed by atoms with Crippen molar-refractivity contribution in [3.63, 3.8) is 0 Å². The number of epoxide rings is 1. The Morgan fingerprint density at radius 2 is 1.88 bits per heavy atom. The zero-order valence-electron chi connectivity index (χ0n) is 16.5. The van der Waals surface area contributed by atoms with Crippen LogP contribution in [0.5, 0.6) is 0 Å². The fourth-order valence-corrected chi connectivity index (χ4v) is 6.21. The molecule has 0 N–H and O–H groups in total. The van der Waals surface area contributed by atoms with E-state index in [2.05, 4.69) is 20.8 Å². The van der Waals surface area contributed by atoms with E-state index in [4.69, 9.17) is 14.2 Å². The van der Waals surface area contributed by atoms with Crippen LogP contribution >= 0.6 is 0 Å². The molecule has 1 aliphatic heterocycles. The van der Waals surface area contributed by atoms with Gasteiger partial charge in [0.25, 0.3) is 0 Å². The molecular formula is C21H34O4. The molecule has 1 saturated heterocycles. The summed E-state index contributed by atoms with van der Waals surface area (Å²) < 4.78 is 16.6. The van der Waals surface area contributed by atoms with Crippen LogP contribution in [0.1, 0.15) is 59.3 Å². The van der Waals surface area contributed by atoms with Crippen molar-refractivity contribution in [2.24, 2.45) is 22.7 Å². The van der Waals surface area contributed by atoms with Crippen molar-refractivity contribution < 1.29 is 19.0 Å². The van der Waals surface area contributed by atoms with Crippen molar-refractivity contribution in [1.82, 2.24) is 0 Å². The molecule has 25 heavy (non-hydrogen) atoms. The van der Waals surface area contributed by atoms with Gasteiger partial charge in [0.1, 0.15) is 0 Å². The Morgan fingerprint density at radius 3 is 2.44 bits per heavy atom. The second-order valence-electron chi connectivity index (χ2n) is 9.21. The molecule has 142 valence electrons. The molecule has 4 atom stereocenters. The first-order valence-corrected chi connectivity index (χ1v) is 9.68. The number of allylic oxidation sites excluding steroid dienone is 1. The molecule has 1 spiro atoms. The van der Waals surface area contributed by atoms with Gasteiger partial charge in [-0.2, -0.15) is 0 Å². The first-order valence-electron chi connectivity index (χ1n) is 9.68. The van der Waals surface area contributed by atoms with Crippen molar-refractivity contribution in [2.75, 3.05) is 20.8 Å². The molecule has 3 rings (SSSR count). The lowest BCUT2D eigenvalue weighted by atomic mass is 9.46. The number of carbonyl (C=O) groups excluding carboxylic acids is 1. The van der Waals surface area contributed by atoms with Crippen LogP contribution in [-0.4, -0.2) is 39.0 Å². The summed E-state index contributed by atoms with van der Waals surface area (Å²) in [5.74, 6) is 1.19. The van der Waals surface area contributed by atoms with Crippen LogP contribution in [0.2, 0.25) is 0 Å². The number of methoxy groups -OCH3 is 2. The Hall–Kier alpha value is -0.710. The molecule has 0 radical (unpaired) electrons. The SMILES string of the molecule is COC(OC)/C(C=O)=C\C[C@H]1[C@@]2(CC[C@H]3C(C)(C)CCC[C@@]31C)CO2. The summed E-state index contributed by atoms with van der Waals surface area (Å²) in [5.41, 5.74) is 1.29. The second kappa shape index (κ2) is 6.79. The Kier molecular flexibility index (Phi) is 5.18. The molecule has 4 nitrogen and oxygen atoms in total. The van der Waals surface area contributed by atoms with Crippen molar-refractivity contribution >= 4 is 6.29 Å². The van der Waals surface area contributed by atoms with Crippen molar-refractivity contribution in [1.29, 1.82) is 0 Å². The van der Waals surface area contributed by atoms with E-state index in [1.165, 1.54) is 25.7 Å². The largest absolute Gasteiger partial charge is 0.369 e. The lowest BCUT2D eigenvalue weighted by Crippen LogP contribution is -2.54. The maximum atomic E-state index is 11.5. The van der Waals surface area contributed by atoms with Gasteiger partial charge in [-0.3, -0.25) is 4.79 Å². The van der Waals surface area contributed by atoms with Crippen molar-refractivity contribution in [3.05, 3.63) is 11.6 Å². The molecular weight excluding hydrogens is 316 g/mol. The highest BCUT2D eigenvalue weighted by atomic mass is 16.7. The Labute approximate surface area is 152 Å². The summed E-state index contributed by atoms with van der Waals surface area (Å²) in [7, 11) is 3.14. The van der Waals surface area contributed by atoms with E-state index in [9.17, 15) is 4.79 Å². The molecule has 2 aliphatic carbocycles. The lowest BCUT2D eigenvalue weighted by molar-refractivity contribution is -0.114. The van der Waals surface area contributed by atoms with E-state index < -0.39 is 6.29 Å². The predicted octanol–water partition coefficient (Wildman–Crippen LogP) is 4.13. The average molecular weight is 350 g/mol. The van der Waals surface area contributed by atoms with Gasteiger partial charge in [0.2, 0.25) is 0 Å². The summed E-state index contributed by atoms with van der Waals surface area (Å²) >= 11 is 0. The zero-order chi connectivity index (χ0) is 18.3.